The Labute approximate surface area is 161 Å². The van der Waals surface area contributed by atoms with Crippen molar-refractivity contribution < 1.29 is 21.6 Å². The molecule has 0 radical (unpaired) electrons. The van der Waals surface area contributed by atoms with Gasteiger partial charge in [-0.2, -0.15) is 9.29 Å². The Bertz CT molecular complexity index is 956. The number of aryl methyl sites for hydroxylation is 1. The monoisotopic (exact) mass is 415 g/mol. The van der Waals surface area contributed by atoms with Gasteiger partial charge >= 0.3 is 0 Å². The molecule has 0 spiro atoms. The van der Waals surface area contributed by atoms with Crippen molar-refractivity contribution in [2.24, 2.45) is 0 Å². The summed E-state index contributed by atoms with van der Waals surface area (Å²) in [5.41, 5.74) is 0.772. The van der Waals surface area contributed by atoms with Gasteiger partial charge in [-0.05, 0) is 26.0 Å². The normalized spacial score (nSPS) is 15.7. The number of sulfonamides is 1. The Morgan fingerprint density at radius 3 is 2.21 bits per heavy atom. The standard InChI is InChI=1S/C17H20F3N5O2S/c1-3-21-15-8-11(2)22-17(23-15)24-4-6-25(7-5-24)28(26,27)12-9-13(18)16(20)14(19)10-12/h8-10H,3-7H2,1-2H3,(H,21,22,23). The first-order valence-corrected chi connectivity index (χ1v) is 10.2. The van der Waals surface area contributed by atoms with Gasteiger partial charge in [-0.3, -0.25) is 0 Å². The summed E-state index contributed by atoms with van der Waals surface area (Å²) in [7, 11) is -4.15. The number of rotatable bonds is 5. The van der Waals surface area contributed by atoms with Crippen molar-refractivity contribution in [3.05, 3.63) is 41.3 Å². The second-order valence-electron chi connectivity index (χ2n) is 6.32. The molecule has 1 aliphatic rings. The fourth-order valence-corrected chi connectivity index (χ4v) is 4.37. The smallest absolute Gasteiger partial charge is 0.243 e. The van der Waals surface area contributed by atoms with Gasteiger partial charge in [-0.25, -0.2) is 26.6 Å². The third-order valence-corrected chi connectivity index (χ3v) is 6.19. The molecule has 1 aliphatic heterocycles. The zero-order valence-electron chi connectivity index (χ0n) is 15.4. The maximum Gasteiger partial charge on any atom is 0.243 e. The maximum atomic E-state index is 13.4. The highest BCUT2D eigenvalue weighted by atomic mass is 32.2. The van der Waals surface area contributed by atoms with E-state index in [0.717, 1.165) is 10.00 Å². The molecule has 0 unspecified atom stereocenters. The topological polar surface area (TPSA) is 78.4 Å². The molecular formula is C17H20F3N5O2S. The molecule has 0 atom stereocenters. The summed E-state index contributed by atoms with van der Waals surface area (Å²) in [6.07, 6.45) is 0. The number of nitrogens with zero attached hydrogens (tertiary/aromatic N) is 4. The minimum absolute atomic E-state index is 0.0801. The minimum atomic E-state index is -4.15. The average Bonchev–Trinajstić information content (AvgIpc) is 2.65. The summed E-state index contributed by atoms with van der Waals surface area (Å²) < 4.78 is 66.4. The molecule has 2 heterocycles. The number of aromatic nitrogens is 2. The summed E-state index contributed by atoms with van der Waals surface area (Å²) in [5.74, 6) is -3.62. The van der Waals surface area contributed by atoms with Gasteiger partial charge in [0.15, 0.2) is 17.5 Å². The lowest BCUT2D eigenvalue weighted by Gasteiger charge is -2.34. The van der Waals surface area contributed by atoms with Crippen molar-refractivity contribution in [3.8, 4) is 0 Å². The molecule has 1 fully saturated rings. The fraction of sp³-hybridized carbons (Fsp3) is 0.412. The largest absolute Gasteiger partial charge is 0.370 e. The number of nitrogens with one attached hydrogen (secondary N) is 1. The maximum absolute atomic E-state index is 13.4. The van der Waals surface area contributed by atoms with E-state index in [2.05, 4.69) is 15.3 Å². The molecule has 3 rings (SSSR count). The van der Waals surface area contributed by atoms with Gasteiger partial charge in [0.05, 0.1) is 4.90 Å². The summed E-state index contributed by atoms with van der Waals surface area (Å²) in [6.45, 7) is 5.26. The van der Waals surface area contributed by atoms with Crippen molar-refractivity contribution in [2.75, 3.05) is 42.9 Å². The third kappa shape index (κ3) is 4.04. The predicted molar refractivity (Wildman–Crippen MR) is 98.2 cm³/mol. The number of benzene rings is 1. The molecule has 0 aliphatic carbocycles. The van der Waals surface area contributed by atoms with Crippen molar-refractivity contribution in [1.82, 2.24) is 14.3 Å². The fourth-order valence-electron chi connectivity index (χ4n) is 2.92. The molecule has 11 heteroatoms. The van der Waals surface area contributed by atoms with Crippen LogP contribution in [0.15, 0.2) is 23.1 Å². The minimum Gasteiger partial charge on any atom is -0.370 e. The van der Waals surface area contributed by atoms with Crippen LogP contribution in [0.1, 0.15) is 12.6 Å². The van der Waals surface area contributed by atoms with Crippen LogP contribution >= 0.6 is 0 Å². The Morgan fingerprint density at radius 2 is 1.64 bits per heavy atom. The second kappa shape index (κ2) is 7.92. The van der Waals surface area contributed by atoms with Gasteiger partial charge in [-0.15, -0.1) is 0 Å². The molecule has 2 aromatic rings. The second-order valence-corrected chi connectivity index (χ2v) is 8.25. The number of halogens is 3. The first-order chi connectivity index (χ1) is 13.2. The zero-order valence-corrected chi connectivity index (χ0v) is 16.2. The summed E-state index contributed by atoms with van der Waals surface area (Å²) in [4.78, 5) is 10.0. The first kappa shape index (κ1) is 20.3. The van der Waals surface area contributed by atoms with Gasteiger partial charge in [0.2, 0.25) is 16.0 Å². The van der Waals surface area contributed by atoms with Gasteiger partial charge in [0.25, 0.3) is 0 Å². The van der Waals surface area contributed by atoms with Crippen LogP contribution in [-0.4, -0.2) is 55.4 Å². The number of piperazine rings is 1. The van der Waals surface area contributed by atoms with E-state index in [0.29, 0.717) is 43.5 Å². The van der Waals surface area contributed by atoms with E-state index in [-0.39, 0.29) is 13.1 Å². The highest BCUT2D eigenvalue weighted by Gasteiger charge is 2.31. The van der Waals surface area contributed by atoms with Crippen LogP contribution in [0.3, 0.4) is 0 Å². The van der Waals surface area contributed by atoms with E-state index in [4.69, 9.17) is 0 Å². The molecule has 0 amide bonds. The zero-order chi connectivity index (χ0) is 20.5. The molecule has 0 saturated carbocycles. The van der Waals surface area contributed by atoms with E-state index >= 15 is 0 Å². The van der Waals surface area contributed by atoms with Crippen LogP contribution in [0.2, 0.25) is 0 Å². The van der Waals surface area contributed by atoms with Crippen molar-refractivity contribution in [3.63, 3.8) is 0 Å². The predicted octanol–water partition coefficient (Wildman–Crippen LogP) is 2.15. The Hall–Kier alpha value is -2.40. The van der Waals surface area contributed by atoms with E-state index in [1.165, 1.54) is 0 Å². The number of hydrogen-bond donors (Lipinski definition) is 1. The Balaban J connectivity index is 1.76. The molecule has 152 valence electrons. The van der Waals surface area contributed by atoms with Crippen LogP contribution in [0, 0.1) is 24.4 Å². The molecule has 0 bridgehead atoms. The van der Waals surface area contributed by atoms with Gasteiger partial charge in [-0.1, -0.05) is 0 Å². The van der Waals surface area contributed by atoms with Crippen LogP contribution in [0.4, 0.5) is 24.9 Å². The van der Waals surface area contributed by atoms with Crippen molar-refractivity contribution >= 4 is 21.8 Å². The SMILES string of the molecule is CCNc1cc(C)nc(N2CCN(S(=O)(=O)c3cc(F)c(F)c(F)c3)CC2)n1. The molecule has 28 heavy (non-hydrogen) atoms. The van der Waals surface area contributed by atoms with Gasteiger partial charge in [0, 0.05) is 44.5 Å². The van der Waals surface area contributed by atoms with Crippen molar-refractivity contribution in [1.29, 1.82) is 0 Å². The molecule has 1 N–H and O–H groups in total. The van der Waals surface area contributed by atoms with E-state index in [1.807, 2.05) is 24.8 Å². The Morgan fingerprint density at radius 1 is 1.04 bits per heavy atom. The molecule has 1 saturated heterocycles. The van der Waals surface area contributed by atoms with Gasteiger partial charge < -0.3 is 10.2 Å². The average molecular weight is 415 g/mol. The van der Waals surface area contributed by atoms with Crippen LogP contribution in [0.25, 0.3) is 0 Å². The third-order valence-electron chi connectivity index (χ3n) is 4.32. The molecular weight excluding hydrogens is 395 g/mol. The van der Waals surface area contributed by atoms with Crippen LogP contribution < -0.4 is 10.2 Å². The van der Waals surface area contributed by atoms with E-state index < -0.39 is 32.4 Å². The Kier molecular flexibility index (Phi) is 5.75. The highest BCUT2D eigenvalue weighted by molar-refractivity contribution is 7.89. The van der Waals surface area contributed by atoms with Crippen molar-refractivity contribution in [2.45, 2.75) is 18.7 Å². The van der Waals surface area contributed by atoms with Gasteiger partial charge in [0.1, 0.15) is 5.82 Å². The van der Waals surface area contributed by atoms with E-state index in [9.17, 15) is 21.6 Å². The van der Waals surface area contributed by atoms with E-state index in [1.54, 1.807) is 0 Å². The quantitative estimate of drug-likeness (QED) is 0.754. The lowest BCUT2D eigenvalue weighted by molar-refractivity contribution is 0.380. The number of hydrogen-bond acceptors (Lipinski definition) is 6. The lowest BCUT2D eigenvalue weighted by Crippen LogP contribution is -2.49. The molecule has 7 nitrogen and oxygen atoms in total. The lowest BCUT2D eigenvalue weighted by atomic mass is 10.3. The molecule has 1 aromatic heterocycles. The van der Waals surface area contributed by atoms with Crippen LogP contribution in [0.5, 0.6) is 0 Å². The summed E-state index contributed by atoms with van der Waals surface area (Å²) in [6, 6.07) is 2.80. The summed E-state index contributed by atoms with van der Waals surface area (Å²) in [5, 5.41) is 3.11. The summed E-state index contributed by atoms with van der Waals surface area (Å²) >= 11 is 0. The van der Waals surface area contributed by atoms with Crippen LogP contribution in [-0.2, 0) is 10.0 Å². The molecule has 1 aromatic carbocycles. The number of anilines is 2. The first-order valence-electron chi connectivity index (χ1n) is 8.71. The highest BCUT2D eigenvalue weighted by Crippen LogP contribution is 2.23.